The number of nitrogens with zero attached hydrogens (tertiary/aromatic N) is 3. The van der Waals surface area contributed by atoms with E-state index >= 15 is 0 Å². The molecule has 0 radical (unpaired) electrons. The Labute approximate surface area is 350 Å². The highest BCUT2D eigenvalue weighted by molar-refractivity contribution is 6.26. The van der Waals surface area contributed by atoms with Gasteiger partial charge in [0.2, 0.25) is 11.8 Å². The number of ketones is 1. The van der Waals surface area contributed by atoms with Crippen molar-refractivity contribution in [2.24, 2.45) is 67.0 Å². The molecule has 0 aromatic rings. The number of aliphatic carboxylic acids is 5. The van der Waals surface area contributed by atoms with Crippen LogP contribution in [0.1, 0.15) is 104 Å². The van der Waals surface area contributed by atoms with Crippen molar-refractivity contribution in [3.63, 3.8) is 0 Å². The van der Waals surface area contributed by atoms with Crippen molar-refractivity contribution in [1.82, 2.24) is 10.6 Å². The average molecular weight is 849 g/mol. The topological polar surface area (TPSA) is 325 Å². The highest BCUT2D eigenvalue weighted by atomic mass is 16.4. The van der Waals surface area contributed by atoms with Crippen LogP contribution in [0, 0.1) is 46.3 Å². The molecule has 1 saturated carbocycles. The Morgan fingerprint density at radius 2 is 1.48 bits per heavy atom. The Morgan fingerprint density at radius 3 is 2.11 bits per heavy atom. The predicted molar refractivity (Wildman–Crippen MR) is 213 cm³/mol. The molecule has 2 saturated heterocycles. The van der Waals surface area contributed by atoms with E-state index in [9.17, 15) is 63.9 Å². The third kappa shape index (κ3) is 7.75. The van der Waals surface area contributed by atoms with Crippen LogP contribution in [0.4, 0.5) is 0 Å². The second kappa shape index (κ2) is 15.9. The molecule has 19 heteroatoms. The number of nitrogens with two attached hydrogens (primary N) is 1. The second-order valence-electron chi connectivity index (χ2n) is 18.4. The Kier molecular flexibility index (Phi) is 11.3. The summed E-state index contributed by atoms with van der Waals surface area (Å²) in [5.74, 6) is -11.4. The van der Waals surface area contributed by atoms with Crippen LogP contribution in [0.3, 0.4) is 0 Å². The van der Waals surface area contributed by atoms with Crippen molar-refractivity contribution in [1.29, 1.82) is 0 Å². The number of amides is 2. The monoisotopic (exact) mass is 848 g/mol. The zero-order valence-corrected chi connectivity index (χ0v) is 34.0. The molecular weight excluding hydrogens is 796 g/mol. The van der Waals surface area contributed by atoms with Gasteiger partial charge < -0.3 is 41.9 Å². The molecule has 0 aromatic heterocycles. The summed E-state index contributed by atoms with van der Waals surface area (Å²) in [7, 11) is 0. The molecule has 61 heavy (non-hydrogen) atoms. The quantitative estimate of drug-likeness (QED) is 0.117. The molecule has 7 aliphatic rings. The third-order valence-corrected chi connectivity index (χ3v) is 14.8. The number of hydrogen-bond donors (Lipinski definition) is 8. The minimum absolute atomic E-state index is 0.00832. The normalized spacial score (nSPS) is 36.0. The summed E-state index contributed by atoms with van der Waals surface area (Å²) in [6.07, 6.45) is -0.169. The molecule has 0 unspecified atom stereocenters. The minimum atomic E-state index is -1.34. The third-order valence-electron chi connectivity index (χ3n) is 14.8. The number of Topliss-reactive ketones (excluding diaryl/α,β-unsaturated/α-hetero) is 1. The lowest BCUT2D eigenvalue weighted by atomic mass is 9.63. The van der Waals surface area contributed by atoms with Crippen molar-refractivity contribution in [3.8, 4) is 0 Å². The maximum absolute atomic E-state index is 14.2. The van der Waals surface area contributed by atoms with E-state index in [1.54, 1.807) is 13.0 Å². The number of hydrogen-bond acceptors (Lipinski definition) is 12. The SMILES string of the molecule is C[C@@]12CC(=O)N[C@@]13C[C@@H]1N=C(C[C@H]4N=C5C(=C6N=C(C=C(N3)[C@H]2CCC(=O)O)[C@@H](CC(=O)O)[C@@H]6CCC(=O)O)C(=O)CC[C@H]5[C@@H]4CC(=O)O)[C@@](C)(CC(N)=O)[C@@H]1CCC(=O)O. The molecule has 19 nitrogen and oxygen atoms in total. The maximum Gasteiger partial charge on any atom is 0.304 e. The van der Waals surface area contributed by atoms with Crippen LogP contribution in [0.2, 0.25) is 0 Å². The van der Waals surface area contributed by atoms with E-state index in [-0.39, 0.29) is 112 Å². The zero-order valence-electron chi connectivity index (χ0n) is 34.0. The number of carboxylic acid groups (broad SMARTS) is 5. The second-order valence-corrected chi connectivity index (χ2v) is 18.4. The van der Waals surface area contributed by atoms with Crippen molar-refractivity contribution in [3.05, 3.63) is 23.0 Å². The van der Waals surface area contributed by atoms with Crippen LogP contribution in [0.25, 0.3) is 0 Å². The fraction of sp³-hybridized carbons (Fsp3) is 0.643. The van der Waals surface area contributed by atoms with Gasteiger partial charge in [-0.05, 0) is 37.7 Å². The lowest BCUT2D eigenvalue weighted by Crippen LogP contribution is -2.59. The number of rotatable bonds is 15. The van der Waals surface area contributed by atoms with Gasteiger partial charge >= 0.3 is 29.8 Å². The van der Waals surface area contributed by atoms with Crippen LogP contribution in [-0.2, 0) is 38.4 Å². The van der Waals surface area contributed by atoms with E-state index in [0.717, 1.165) is 0 Å². The average Bonchev–Trinajstić information content (AvgIpc) is 3.83. The van der Waals surface area contributed by atoms with Gasteiger partial charge in [0.1, 0.15) is 5.66 Å². The van der Waals surface area contributed by atoms with E-state index in [1.165, 1.54) is 0 Å². The fourth-order valence-electron chi connectivity index (χ4n) is 12.1. The van der Waals surface area contributed by atoms with Crippen molar-refractivity contribution < 1.29 is 63.9 Å². The Balaban J connectivity index is 1.52. The molecule has 8 bridgehead atoms. The summed E-state index contributed by atoms with van der Waals surface area (Å²) in [6, 6.07) is -1.54. The Bertz CT molecular complexity index is 2160. The fourth-order valence-corrected chi connectivity index (χ4v) is 12.1. The van der Waals surface area contributed by atoms with Crippen molar-refractivity contribution in [2.75, 3.05) is 0 Å². The molecule has 2 amide bonds. The first-order valence-corrected chi connectivity index (χ1v) is 20.9. The van der Waals surface area contributed by atoms with Gasteiger partial charge in [-0.3, -0.25) is 53.3 Å². The van der Waals surface area contributed by atoms with Gasteiger partial charge in [0.25, 0.3) is 0 Å². The summed E-state index contributed by atoms with van der Waals surface area (Å²) in [5.41, 5.74) is 4.03. The number of primary amides is 1. The molecule has 7 rings (SSSR count). The molecular formula is C42H52N6O13. The van der Waals surface area contributed by atoms with Gasteiger partial charge in [-0.2, -0.15) is 0 Å². The lowest BCUT2D eigenvalue weighted by molar-refractivity contribution is -0.139. The van der Waals surface area contributed by atoms with E-state index in [2.05, 4.69) is 10.6 Å². The number of carbonyl (C=O) groups is 8. The molecule has 3 fully saturated rings. The highest BCUT2D eigenvalue weighted by Crippen LogP contribution is 2.59. The number of allylic oxidation sites excluding steroid dienone is 4. The molecule has 6 heterocycles. The van der Waals surface area contributed by atoms with Gasteiger partial charge in [-0.15, -0.1) is 0 Å². The van der Waals surface area contributed by atoms with E-state index in [1.807, 2.05) is 6.92 Å². The van der Waals surface area contributed by atoms with E-state index in [4.69, 9.17) is 20.7 Å². The van der Waals surface area contributed by atoms with Gasteiger partial charge in [0, 0.05) is 109 Å². The maximum atomic E-state index is 14.2. The standard InChI is InChI=1S/C42H52N6O13/c1-40(16-30(43)50)22(5-9-33(54)55)27-15-42-41(2,17-31(51)48-42)23(6-10-34(56)57)26(47-42)13-24-20(11-35(58)59)19(4-8-32(52)53)39(45-24)37-28(49)7-3-18-21(12-36(60)61)25(46-38(18)37)14-29(40)44-27/h13,18-23,25,27,47H,3-12,14-17H2,1-2H3,(H2,43,50)(H,48,51)(H,52,53)(H,54,55)(H,56,57)(H,58,59)(H,60,61)/t18-,19-,20-,21-,22+,23+,25+,27-,40-,41-,42-/m0/s1. The molecule has 9 N–H and O–H groups in total. The summed E-state index contributed by atoms with van der Waals surface area (Å²) in [6.45, 7) is 3.63. The predicted octanol–water partition coefficient (Wildman–Crippen LogP) is 2.33. The van der Waals surface area contributed by atoms with Gasteiger partial charge in [-0.1, -0.05) is 13.8 Å². The van der Waals surface area contributed by atoms with Crippen LogP contribution in [0.15, 0.2) is 38.0 Å². The van der Waals surface area contributed by atoms with Crippen molar-refractivity contribution >= 4 is 64.6 Å². The van der Waals surface area contributed by atoms with Crippen LogP contribution in [0.5, 0.6) is 0 Å². The number of nitrogens with one attached hydrogen (secondary N) is 2. The Hall–Kier alpha value is -5.75. The summed E-state index contributed by atoms with van der Waals surface area (Å²) in [4.78, 5) is 117. The molecule has 6 aliphatic heterocycles. The van der Waals surface area contributed by atoms with E-state index < -0.39 is 106 Å². The summed E-state index contributed by atoms with van der Waals surface area (Å²) >= 11 is 0. The number of aliphatic imine (C=N–C) groups is 3. The lowest BCUT2D eigenvalue weighted by Gasteiger charge is -2.42. The number of carboxylic acids is 5. The first kappa shape index (κ1) is 43.3. The molecule has 0 aromatic carbocycles. The van der Waals surface area contributed by atoms with Crippen LogP contribution in [-0.4, -0.2) is 108 Å². The molecule has 1 spiro atoms. The first-order chi connectivity index (χ1) is 28.7. The number of carbonyl (C=O) groups excluding carboxylic acids is 3. The Morgan fingerprint density at radius 1 is 0.820 bits per heavy atom. The zero-order chi connectivity index (χ0) is 44.3. The van der Waals surface area contributed by atoms with Crippen LogP contribution < -0.4 is 16.4 Å². The molecule has 11 atom stereocenters. The summed E-state index contributed by atoms with van der Waals surface area (Å²) < 4.78 is 0. The van der Waals surface area contributed by atoms with Crippen molar-refractivity contribution in [2.45, 2.75) is 121 Å². The molecule has 1 aliphatic carbocycles. The van der Waals surface area contributed by atoms with Crippen LogP contribution >= 0.6 is 0 Å². The number of fused-ring (bicyclic) bond motifs is 4. The van der Waals surface area contributed by atoms with E-state index in [0.29, 0.717) is 17.1 Å². The highest BCUT2D eigenvalue weighted by Gasteiger charge is 2.66. The van der Waals surface area contributed by atoms with Gasteiger partial charge in [0.15, 0.2) is 5.78 Å². The summed E-state index contributed by atoms with van der Waals surface area (Å²) in [5, 5.41) is 56.8. The first-order valence-electron chi connectivity index (χ1n) is 20.9. The van der Waals surface area contributed by atoms with Gasteiger partial charge in [-0.25, -0.2) is 0 Å². The minimum Gasteiger partial charge on any atom is -0.481 e. The largest absolute Gasteiger partial charge is 0.481 e. The van der Waals surface area contributed by atoms with Gasteiger partial charge in [0.05, 0.1) is 41.9 Å². The smallest absolute Gasteiger partial charge is 0.304 e. The molecule has 328 valence electrons.